The summed E-state index contributed by atoms with van der Waals surface area (Å²) in [5, 5.41) is 27.5. The van der Waals surface area contributed by atoms with E-state index in [4.69, 9.17) is 5.11 Å². The third-order valence-electron chi connectivity index (χ3n) is 3.69. The number of allylic oxidation sites excluding steroid dienone is 9. The topological polar surface area (TPSA) is 77.8 Å². The van der Waals surface area contributed by atoms with E-state index in [1.165, 1.54) is 0 Å². The number of carboxylic acid groups (broad SMARTS) is 1. The second-order valence-electron chi connectivity index (χ2n) is 6.01. The fraction of sp³-hybridized carbons (Fsp3) is 0.500. The standard InChI is InChI=1S/C22H34O4/c1-2-20(23)21(24)18-16-14-12-10-8-6-4-3-5-7-9-11-13-15-17-19-22(25)26/h3-4,7-10,13-16,20-21,23-24H,2,5-6,11-12,17-19H2,1H3,(H,25,26)/b4-3-,9-7-,10-8-,15-13-,16-14-/t20-,21+/m1/s1. The number of rotatable bonds is 15. The molecule has 0 unspecified atom stereocenters. The summed E-state index contributed by atoms with van der Waals surface area (Å²) in [6, 6.07) is 0. The van der Waals surface area contributed by atoms with E-state index >= 15 is 0 Å². The van der Waals surface area contributed by atoms with E-state index in [-0.39, 0.29) is 6.42 Å². The Bertz CT molecular complexity index is 486. The molecule has 0 bridgehead atoms. The van der Waals surface area contributed by atoms with E-state index in [1.54, 1.807) is 0 Å². The highest BCUT2D eigenvalue weighted by molar-refractivity contribution is 5.66. The Morgan fingerprint density at radius 2 is 1.15 bits per heavy atom. The summed E-state index contributed by atoms with van der Waals surface area (Å²) in [7, 11) is 0. The Morgan fingerprint density at radius 1 is 0.731 bits per heavy atom. The zero-order valence-corrected chi connectivity index (χ0v) is 15.8. The summed E-state index contributed by atoms with van der Waals surface area (Å²) in [5.74, 6) is -0.758. The van der Waals surface area contributed by atoms with Gasteiger partial charge in [-0.25, -0.2) is 0 Å². The summed E-state index contributed by atoms with van der Waals surface area (Å²) in [6.07, 6.45) is 24.4. The molecule has 0 aromatic carbocycles. The second-order valence-corrected chi connectivity index (χ2v) is 6.01. The van der Waals surface area contributed by atoms with Crippen molar-refractivity contribution >= 4 is 5.97 Å². The van der Waals surface area contributed by atoms with Crippen molar-refractivity contribution in [1.29, 1.82) is 0 Å². The third kappa shape index (κ3) is 16.9. The molecule has 0 spiro atoms. The molecular weight excluding hydrogens is 328 g/mol. The fourth-order valence-electron chi connectivity index (χ4n) is 2.07. The van der Waals surface area contributed by atoms with E-state index in [9.17, 15) is 15.0 Å². The quantitative estimate of drug-likeness (QED) is 0.369. The Balaban J connectivity index is 3.61. The Morgan fingerprint density at radius 3 is 1.58 bits per heavy atom. The van der Waals surface area contributed by atoms with Crippen molar-refractivity contribution in [2.75, 3.05) is 0 Å². The summed E-state index contributed by atoms with van der Waals surface area (Å²) in [4.78, 5) is 10.3. The van der Waals surface area contributed by atoms with Crippen molar-refractivity contribution in [2.45, 2.75) is 70.5 Å². The molecule has 4 heteroatoms. The molecular formula is C22H34O4. The number of aliphatic hydroxyl groups excluding tert-OH is 2. The van der Waals surface area contributed by atoms with Gasteiger partial charge in [-0.1, -0.05) is 67.7 Å². The van der Waals surface area contributed by atoms with Gasteiger partial charge in [-0.3, -0.25) is 4.79 Å². The van der Waals surface area contributed by atoms with Crippen LogP contribution in [0.5, 0.6) is 0 Å². The van der Waals surface area contributed by atoms with Crippen LogP contribution in [0.25, 0.3) is 0 Å². The van der Waals surface area contributed by atoms with Crippen molar-refractivity contribution in [3.63, 3.8) is 0 Å². The molecule has 0 aromatic rings. The van der Waals surface area contributed by atoms with Gasteiger partial charge in [-0.05, 0) is 44.9 Å². The lowest BCUT2D eigenvalue weighted by Crippen LogP contribution is -2.23. The highest BCUT2D eigenvalue weighted by atomic mass is 16.4. The van der Waals surface area contributed by atoms with Gasteiger partial charge >= 0.3 is 5.97 Å². The minimum absolute atomic E-state index is 0.191. The van der Waals surface area contributed by atoms with Gasteiger partial charge in [-0.2, -0.15) is 0 Å². The predicted molar refractivity (Wildman–Crippen MR) is 108 cm³/mol. The molecule has 0 aromatic heterocycles. The van der Waals surface area contributed by atoms with Crippen molar-refractivity contribution in [3.05, 3.63) is 60.8 Å². The Labute approximate surface area is 157 Å². The minimum Gasteiger partial charge on any atom is -0.481 e. The molecule has 0 aliphatic carbocycles. The van der Waals surface area contributed by atoms with E-state index in [0.717, 1.165) is 25.7 Å². The zero-order chi connectivity index (χ0) is 19.5. The molecule has 0 heterocycles. The highest BCUT2D eigenvalue weighted by Gasteiger charge is 2.11. The van der Waals surface area contributed by atoms with E-state index in [2.05, 4.69) is 36.5 Å². The number of aliphatic hydroxyl groups is 2. The first-order chi connectivity index (χ1) is 12.6. The van der Waals surface area contributed by atoms with Gasteiger partial charge in [0.2, 0.25) is 0 Å². The smallest absolute Gasteiger partial charge is 0.303 e. The lowest BCUT2D eigenvalue weighted by atomic mass is 10.1. The lowest BCUT2D eigenvalue weighted by molar-refractivity contribution is -0.136. The SMILES string of the molecule is CC[C@@H](O)[C@@H](O)C/C=C\C/C=C\C/C=C\C/C=C\C/C=C\CCC(=O)O. The largest absolute Gasteiger partial charge is 0.481 e. The van der Waals surface area contributed by atoms with Gasteiger partial charge in [0, 0.05) is 6.42 Å². The van der Waals surface area contributed by atoms with Crippen LogP contribution < -0.4 is 0 Å². The molecule has 0 aliphatic heterocycles. The molecule has 2 atom stereocenters. The van der Waals surface area contributed by atoms with Crippen LogP contribution in [0.1, 0.15) is 58.3 Å². The van der Waals surface area contributed by atoms with Crippen molar-refractivity contribution in [2.24, 2.45) is 0 Å². The van der Waals surface area contributed by atoms with Crippen LogP contribution in [0.15, 0.2) is 60.8 Å². The predicted octanol–water partition coefficient (Wildman–Crippen LogP) is 4.71. The maximum absolute atomic E-state index is 10.3. The Kier molecular flexibility index (Phi) is 16.6. The number of hydrogen-bond acceptors (Lipinski definition) is 3. The monoisotopic (exact) mass is 362 g/mol. The summed E-state index contributed by atoms with van der Waals surface area (Å²) >= 11 is 0. The molecule has 26 heavy (non-hydrogen) atoms. The fourth-order valence-corrected chi connectivity index (χ4v) is 2.07. The van der Waals surface area contributed by atoms with Crippen LogP contribution in [0.2, 0.25) is 0 Å². The number of aliphatic carboxylic acids is 1. The van der Waals surface area contributed by atoms with Gasteiger partial charge < -0.3 is 15.3 Å². The van der Waals surface area contributed by atoms with E-state index in [0.29, 0.717) is 19.3 Å². The van der Waals surface area contributed by atoms with E-state index in [1.807, 2.05) is 31.2 Å². The van der Waals surface area contributed by atoms with Crippen LogP contribution in [0.4, 0.5) is 0 Å². The number of hydrogen-bond donors (Lipinski definition) is 3. The van der Waals surface area contributed by atoms with Crippen LogP contribution in [-0.4, -0.2) is 33.5 Å². The maximum atomic E-state index is 10.3. The third-order valence-corrected chi connectivity index (χ3v) is 3.69. The molecule has 0 saturated carbocycles. The summed E-state index contributed by atoms with van der Waals surface area (Å²) in [5.41, 5.74) is 0. The van der Waals surface area contributed by atoms with Gasteiger partial charge in [0.15, 0.2) is 0 Å². The first-order valence-corrected chi connectivity index (χ1v) is 9.40. The zero-order valence-electron chi connectivity index (χ0n) is 15.8. The molecule has 0 fully saturated rings. The molecule has 146 valence electrons. The van der Waals surface area contributed by atoms with Crippen LogP contribution in [0.3, 0.4) is 0 Å². The van der Waals surface area contributed by atoms with Gasteiger partial charge in [-0.15, -0.1) is 0 Å². The molecule has 0 rings (SSSR count). The van der Waals surface area contributed by atoms with Crippen molar-refractivity contribution < 1.29 is 20.1 Å². The van der Waals surface area contributed by atoms with Gasteiger partial charge in [0.05, 0.1) is 12.2 Å². The molecule has 0 aliphatic rings. The maximum Gasteiger partial charge on any atom is 0.303 e. The summed E-state index contributed by atoms with van der Waals surface area (Å²) in [6.45, 7) is 1.85. The second kappa shape index (κ2) is 17.9. The molecule has 0 radical (unpaired) electrons. The number of carbonyl (C=O) groups is 1. The van der Waals surface area contributed by atoms with Gasteiger partial charge in [0.1, 0.15) is 0 Å². The van der Waals surface area contributed by atoms with Crippen molar-refractivity contribution in [3.8, 4) is 0 Å². The average Bonchev–Trinajstić information content (AvgIpc) is 2.63. The van der Waals surface area contributed by atoms with Crippen LogP contribution in [-0.2, 0) is 4.79 Å². The molecule has 4 nitrogen and oxygen atoms in total. The first-order valence-electron chi connectivity index (χ1n) is 9.40. The van der Waals surface area contributed by atoms with Gasteiger partial charge in [0.25, 0.3) is 0 Å². The molecule has 0 amide bonds. The number of carboxylic acids is 1. The normalized spacial score (nSPS) is 15.2. The highest BCUT2D eigenvalue weighted by Crippen LogP contribution is 2.04. The van der Waals surface area contributed by atoms with E-state index < -0.39 is 18.2 Å². The van der Waals surface area contributed by atoms with Crippen molar-refractivity contribution in [1.82, 2.24) is 0 Å². The summed E-state index contributed by atoms with van der Waals surface area (Å²) < 4.78 is 0. The average molecular weight is 363 g/mol. The molecule has 0 saturated heterocycles. The lowest BCUT2D eigenvalue weighted by Gasteiger charge is -2.13. The van der Waals surface area contributed by atoms with Crippen LogP contribution in [0, 0.1) is 0 Å². The van der Waals surface area contributed by atoms with Crippen LogP contribution >= 0.6 is 0 Å². The molecule has 3 N–H and O–H groups in total. The minimum atomic E-state index is -0.758. The first kappa shape index (κ1) is 24.1. The Hall–Kier alpha value is -1.91.